The number of unbranched alkanes of at least 4 members (excludes halogenated alkanes) is 6. The van der Waals surface area contributed by atoms with E-state index in [1.807, 2.05) is 42.5 Å². The number of hydrogen-bond donors (Lipinski definition) is 1. The average Bonchev–Trinajstić information content (AvgIpc) is 3.35. The van der Waals surface area contributed by atoms with Gasteiger partial charge in [-0.2, -0.15) is 0 Å². The fraction of sp³-hybridized carbons (Fsp3) is 0.491. The summed E-state index contributed by atoms with van der Waals surface area (Å²) < 4.78 is 45.5. The smallest absolute Gasteiger partial charge is 0.330 e. The van der Waals surface area contributed by atoms with E-state index in [0.717, 1.165) is 120 Å². The van der Waals surface area contributed by atoms with Crippen molar-refractivity contribution in [3.8, 4) is 34.5 Å². The molecular weight excluding hydrogens is 843 g/mol. The summed E-state index contributed by atoms with van der Waals surface area (Å²) in [6.45, 7) is 9.81. The molecule has 0 radical (unpaired) electrons. The van der Waals surface area contributed by atoms with E-state index in [2.05, 4.69) is 13.2 Å². The van der Waals surface area contributed by atoms with Crippen LogP contribution in [-0.4, -0.2) is 69.7 Å². The Bertz CT molecular complexity index is 1980. The molecule has 3 aromatic carbocycles. The molecule has 0 bridgehead atoms. The zero-order chi connectivity index (χ0) is 46.8. The first-order valence-corrected chi connectivity index (χ1v) is 23.6. The Kier molecular flexibility index (Phi) is 22.1. The van der Waals surface area contributed by atoms with Crippen molar-refractivity contribution in [2.75, 3.05) is 39.6 Å². The molecule has 2 saturated carbocycles. The summed E-state index contributed by atoms with van der Waals surface area (Å²) in [7, 11) is 0. The molecular formula is C53H68NO12+. The van der Waals surface area contributed by atoms with Gasteiger partial charge in [-0.1, -0.05) is 13.2 Å². The molecule has 2 N–H and O–H groups in total. The third kappa shape index (κ3) is 18.4. The second-order valence-corrected chi connectivity index (χ2v) is 17.0. The van der Waals surface area contributed by atoms with Crippen molar-refractivity contribution in [3.05, 3.63) is 97.6 Å². The SMILES string of the molecule is C=CC(=O)OCCCCCCOc1ccc(OC(=O)C2CCC(COc3ccc(OCC4CCC(C(=O)Oc5ccc(OCCCCCCOC(=O)C=C)cc5)CC4)c(C=[NH2+])c3)CC2)cc1. The number of nitrogens with two attached hydrogens (primary N) is 1. The van der Waals surface area contributed by atoms with Gasteiger partial charge >= 0.3 is 23.9 Å². The Labute approximate surface area is 389 Å². The Hall–Kier alpha value is -6.11. The lowest BCUT2D eigenvalue weighted by molar-refractivity contribution is -0.141. The van der Waals surface area contributed by atoms with Crippen LogP contribution in [0.15, 0.2) is 92.0 Å². The van der Waals surface area contributed by atoms with Gasteiger partial charge in [0.15, 0.2) is 6.21 Å². The van der Waals surface area contributed by atoms with Crippen molar-refractivity contribution in [2.24, 2.45) is 23.7 Å². The quantitative estimate of drug-likeness (QED) is 0.0232. The molecule has 0 heterocycles. The number of benzene rings is 3. The van der Waals surface area contributed by atoms with Crippen LogP contribution in [0.4, 0.5) is 0 Å². The molecule has 5 rings (SSSR count). The van der Waals surface area contributed by atoms with Crippen LogP contribution >= 0.6 is 0 Å². The van der Waals surface area contributed by atoms with Crippen molar-refractivity contribution in [1.29, 1.82) is 0 Å². The van der Waals surface area contributed by atoms with Gasteiger partial charge in [0.1, 0.15) is 34.5 Å². The normalized spacial score (nSPS) is 17.9. The zero-order valence-electron chi connectivity index (χ0n) is 38.3. The van der Waals surface area contributed by atoms with Crippen molar-refractivity contribution in [2.45, 2.75) is 103 Å². The minimum atomic E-state index is -0.392. The topological polar surface area (TPSA) is 168 Å². The van der Waals surface area contributed by atoms with Gasteiger partial charge in [-0.15, -0.1) is 0 Å². The monoisotopic (exact) mass is 910 g/mol. The van der Waals surface area contributed by atoms with Crippen LogP contribution in [-0.2, 0) is 28.7 Å². The molecule has 13 heteroatoms. The lowest BCUT2D eigenvalue weighted by Gasteiger charge is -2.27. The number of carbonyl (C=O) groups excluding carboxylic acids is 4. The van der Waals surface area contributed by atoms with E-state index in [0.29, 0.717) is 74.5 Å². The third-order valence-corrected chi connectivity index (χ3v) is 12.0. The van der Waals surface area contributed by atoms with Crippen molar-refractivity contribution in [3.63, 3.8) is 0 Å². The van der Waals surface area contributed by atoms with Crippen molar-refractivity contribution in [1.82, 2.24) is 0 Å². The number of carbonyl (C=O) groups is 4. The van der Waals surface area contributed by atoms with E-state index < -0.39 is 11.9 Å². The number of hydrogen-bond acceptors (Lipinski definition) is 12. The molecule has 0 atom stereocenters. The molecule has 66 heavy (non-hydrogen) atoms. The molecule has 0 unspecified atom stereocenters. The Balaban J connectivity index is 0.909. The average molecular weight is 911 g/mol. The first kappa shape index (κ1) is 50.9. The number of esters is 4. The molecule has 0 spiro atoms. The highest BCUT2D eigenvalue weighted by atomic mass is 16.5. The fourth-order valence-electron chi connectivity index (χ4n) is 7.99. The summed E-state index contributed by atoms with van der Waals surface area (Å²) >= 11 is 0. The Morgan fingerprint density at radius 1 is 0.485 bits per heavy atom. The van der Waals surface area contributed by atoms with E-state index in [9.17, 15) is 19.2 Å². The molecule has 0 aromatic heterocycles. The van der Waals surface area contributed by atoms with Gasteiger partial charge in [0.25, 0.3) is 0 Å². The van der Waals surface area contributed by atoms with Crippen LogP contribution in [0.25, 0.3) is 0 Å². The maximum atomic E-state index is 13.0. The molecule has 0 amide bonds. The van der Waals surface area contributed by atoms with Crippen LogP contribution in [0.1, 0.15) is 108 Å². The largest absolute Gasteiger partial charge is 0.494 e. The van der Waals surface area contributed by atoms with Crippen LogP contribution < -0.4 is 33.8 Å². The van der Waals surface area contributed by atoms with Crippen LogP contribution in [0.3, 0.4) is 0 Å². The van der Waals surface area contributed by atoms with Crippen molar-refractivity contribution >= 4 is 30.1 Å². The Morgan fingerprint density at radius 2 is 0.879 bits per heavy atom. The van der Waals surface area contributed by atoms with Gasteiger partial charge in [0.05, 0.1) is 57.0 Å². The van der Waals surface area contributed by atoms with Gasteiger partial charge in [0, 0.05) is 12.2 Å². The van der Waals surface area contributed by atoms with Gasteiger partial charge in [-0.05, 0) is 181 Å². The lowest BCUT2D eigenvalue weighted by atomic mass is 9.82. The van der Waals surface area contributed by atoms with Gasteiger partial charge in [-0.25, -0.2) is 9.59 Å². The summed E-state index contributed by atoms with van der Waals surface area (Å²) in [4.78, 5) is 48.1. The lowest BCUT2D eigenvalue weighted by Crippen LogP contribution is -2.30. The first-order valence-electron chi connectivity index (χ1n) is 23.6. The van der Waals surface area contributed by atoms with Gasteiger partial charge in [0.2, 0.25) is 0 Å². The summed E-state index contributed by atoms with van der Waals surface area (Å²) in [5.74, 6) is 3.01. The minimum Gasteiger partial charge on any atom is -0.494 e. The molecule has 2 fully saturated rings. The molecule has 356 valence electrons. The van der Waals surface area contributed by atoms with Gasteiger partial charge in [-0.3, -0.25) is 15.0 Å². The van der Waals surface area contributed by atoms with Crippen LogP contribution in [0, 0.1) is 23.7 Å². The zero-order valence-corrected chi connectivity index (χ0v) is 38.3. The second kappa shape index (κ2) is 28.7. The third-order valence-electron chi connectivity index (χ3n) is 12.0. The fourth-order valence-corrected chi connectivity index (χ4v) is 7.99. The molecule has 13 nitrogen and oxygen atoms in total. The minimum absolute atomic E-state index is 0.149. The highest BCUT2D eigenvalue weighted by Gasteiger charge is 2.30. The molecule has 0 aliphatic heterocycles. The molecule has 2 aliphatic carbocycles. The highest BCUT2D eigenvalue weighted by Crippen LogP contribution is 2.34. The molecule has 3 aromatic rings. The predicted molar refractivity (Wildman–Crippen MR) is 250 cm³/mol. The second-order valence-electron chi connectivity index (χ2n) is 17.0. The number of ether oxygens (including phenoxy) is 8. The standard InChI is InChI=1S/C53H67NO12/c1-3-50(55)61-33-11-7-5-9-31-59-44-21-25-46(26-22-44)65-52(57)41-17-13-39(14-18-41)37-63-48-29-30-49(43(35-48)36-54)64-38-40-15-19-42(20-16-40)53(58)66-47-27-23-45(24-28-47)60-32-10-6-8-12-34-62-51(56)4-2/h3-4,21-30,35-36,39-42,54H,1-2,5-20,31-34,37-38H2/p+1. The molecule has 0 saturated heterocycles. The van der Waals surface area contributed by atoms with Crippen LogP contribution in [0.5, 0.6) is 34.5 Å². The summed E-state index contributed by atoms with van der Waals surface area (Å²) in [5.41, 5.74) is 0.755. The van der Waals surface area contributed by atoms with E-state index in [4.69, 9.17) is 43.3 Å². The van der Waals surface area contributed by atoms with E-state index in [-0.39, 0.29) is 23.8 Å². The summed E-state index contributed by atoms with van der Waals surface area (Å²) in [5, 5.41) is 6.01. The van der Waals surface area contributed by atoms with Crippen molar-refractivity contribution < 1.29 is 62.5 Å². The number of rotatable bonds is 29. The molecule has 2 aliphatic rings. The Morgan fingerprint density at radius 3 is 1.30 bits per heavy atom. The van der Waals surface area contributed by atoms with E-state index in [1.54, 1.807) is 24.3 Å². The maximum Gasteiger partial charge on any atom is 0.330 e. The first-order chi connectivity index (χ1) is 32.2. The van der Waals surface area contributed by atoms with Gasteiger partial charge < -0.3 is 37.9 Å². The summed E-state index contributed by atoms with van der Waals surface area (Å²) in [6.07, 6.45) is 17.5. The van der Waals surface area contributed by atoms with E-state index >= 15 is 0 Å². The maximum absolute atomic E-state index is 13.0. The van der Waals surface area contributed by atoms with E-state index in [1.165, 1.54) is 18.4 Å². The van der Waals surface area contributed by atoms with Crippen LogP contribution in [0.2, 0.25) is 0 Å². The highest BCUT2D eigenvalue weighted by molar-refractivity contribution is 5.81. The predicted octanol–water partition coefficient (Wildman–Crippen LogP) is 8.78. The summed E-state index contributed by atoms with van der Waals surface area (Å²) in [6, 6.07) is 20.0.